The van der Waals surface area contributed by atoms with Gasteiger partial charge in [-0.05, 0) is 13.3 Å². The molecule has 0 aliphatic rings. The summed E-state index contributed by atoms with van der Waals surface area (Å²) in [5.74, 6) is 1.57. The molecule has 1 heterocycles. The zero-order chi connectivity index (χ0) is 9.84. The average molecular weight is 183 g/mol. The number of aromatic nitrogens is 2. The number of aryl methyl sites for hydroxylation is 1. The molecule has 1 aromatic rings. The molecule has 1 rings (SSSR count). The highest BCUT2D eigenvalue weighted by atomic mass is 16.5. The van der Waals surface area contributed by atoms with Gasteiger partial charge in [0.25, 0.3) is 0 Å². The van der Waals surface area contributed by atoms with Crippen molar-refractivity contribution in [2.45, 2.75) is 45.6 Å². The van der Waals surface area contributed by atoms with Gasteiger partial charge in [-0.2, -0.15) is 4.98 Å². The lowest BCUT2D eigenvalue weighted by Gasteiger charge is -2.09. The van der Waals surface area contributed by atoms with Crippen LogP contribution in [0.4, 0.5) is 0 Å². The van der Waals surface area contributed by atoms with Crippen LogP contribution in [0.5, 0.6) is 0 Å². The number of nitrogens with two attached hydrogens (primary N) is 1. The molecule has 13 heavy (non-hydrogen) atoms. The fourth-order valence-corrected chi connectivity index (χ4v) is 1.00. The maximum absolute atomic E-state index is 5.72. The minimum absolute atomic E-state index is 0.0509. The van der Waals surface area contributed by atoms with Crippen molar-refractivity contribution in [1.29, 1.82) is 0 Å². The molecule has 74 valence electrons. The molecule has 0 spiro atoms. The number of hydrogen-bond donors (Lipinski definition) is 1. The van der Waals surface area contributed by atoms with Crippen molar-refractivity contribution in [1.82, 2.24) is 10.1 Å². The molecule has 0 saturated heterocycles. The second-order valence-electron chi connectivity index (χ2n) is 3.45. The summed E-state index contributed by atoms with van der Waals surface area (Å²) in [6.07, 6.45) is 1.90. The summed E-state index contributed by atoms with van der Waals surface area (Å²) in [6, 6.07) is 0.0509. The Morgan fingerprint density at radius 3 is 2.69 bits per heavy atom. The fraction of sp³-hybridized carbons (Fsp3) is 0.778. The summed E-state index contributed by atoms with van der Waals surface area (Å²) in [4.78, 5) is 4.26. The van der Waals surface area contributed by atoms with Crippen LogP contribution in [0.3, 0.4) is 0 Å². The van der Waals surface area contributed by atoms with E-state index in [0.717, 1.165) is 18.7 Å². The van der Waals surface area contributed by atoms with E-state index in [4.69, 9.17) is 10.3 Å². The average Bonchev–Trinajstić information content (AvgIpc) is 2.52. The van der Waals surface area contributed by atoms with Crippen LogP contribution in [0.1, 0.15) is 44.8 Å². The van der Waals surface area contributed by atoms with Crippen LogP contribution in [0.25, 0.3) is 0 Å². The monoisotopic (exact) mass is 183 g/mol. The lowest BCUT2D eigenvalue weighted by Crippen LogP contribution is -2.22. The van der Waals surface area contributed by atoms with Gasteiger partial charge in [-0.15, -0.1) is 0 Å². The highest BCUT2D eigenvalue weighted by Crippen LogP contribution is 2.15. The first-order chi connectivity index (χ1) is 6.15. The highest BCUT2D eigenvalue weighted by molar-refractivity contribution is 4.95. The van der Waals surface area contributed by atoms with E-state index in [0.29, 0.717) is 5.89 Å². The second kappa shape index (κ2) is 4.37. The molecule has 2 atom stereocenters. The summed E-state index contributed by atoms with van der Waals surface area (Å²) < 4.78 is 5.10. The zero-order valence-corrected chi connectivity index (χ0v) is 8.45. The number of rotatable bonds is 4. The predicted octanol–water partition coefficient (Wildman–Crippen LogP) is 1.47. The van der Waals surface area contributed by atoms with Crippen molar-refractivity contribution in [3.63, 3.8) is 0 Å². The van der Waals surface area contributed by atoms with Crippen LogP contribution in [0.2, 0.25) is 0 Å². The van der Waals surface area contributed by atoms with Crippen LogP contribution in [0, 0.1) is 0 Å². The molecule has 4 nitrogen and oxygen atoms in total. The predicted molar refractivity (Wildman–Crippen MR) is 50.4 cm³/mol. The summed E-state index contributed by atoms with van der Waals surface area (Å²) in [5.41, 5.74) is 5.72. The molecule has 0 bridgehead atoms. The van der Waals surface area contributed by atoms with Crippen molar-refractivity contribution >= 4 is 0 Å². The summed E-state index contributed by atoms with van der Waals surface area (Å²) in [7, 11) is 0. The fourth-order valence-electron chi connectivity index (χ4n) is 1.00. The molecule has 0 radical (unpaired) electrons. The van der Waals surface area contributed by atoms with Gasteiger partial charge in [0.2, 0.25) is 5.89 Å². The smallest absolute Gasteiger partial charge is 0.231 e. The first-order valence-corrected chi connectivity index (χ1v) is 4.73. The largest absolute Gasteiger partial charge is 0.339 e. The zero-order valence-electron chi connectivity index (χ0n) is 8.45. The molecule has 0 aliphatic carbocycles. The number of hydrogen-bond acceptors (Lipinski definition) is 4. The minimum atomic E-state index is 0.0509. The van der Waals surface area contributed by atoms with Gasteiger partial charge >= 0.3 is 0 Å². The Morgan fingerprint density at radius 2 is 2.15 bits per heavy atom. The normalized spacial score (nSPS) is 15.7. The Labute approximate surface area is 78.5 Å². The molecular formula is C9H17N3O. The topological polar surface area (TPSA) is 64.9 Å². The van der Waals surface area contributed by atoms with Crippen molar-refractivity contribution in [2.75, 3.05) is 0 Å². The van der Waals surface area contributed by atoms with Crippen LogP contribution in [-0.2, 0) is 6.42 Å². The van der Waals surface area contributed by atoms with Crippen molar-refractivity contribution < 1.29 is 4.52 Å². The maximum Gasteiger partial charge on any atom is 0.231 e. The van der Waals surface area contributed by atoms with E-state index in [1.165, 1.54) is 0 Å². The van der Waals surface area contributed by atoms with Crippen LogP contribution in [-0.4, -0.2) is 16.2 Å². The van der Waals surface area contributed by atoms with Gasteiger partial charge in [-0.25, -0.2) is 0 Å². The van der Waals surface area contributed by atoms with E-state index in [2.05, 4.69) is 17.1 Å². The van der Waals surface area contributed by atoms with Crippen molar-refractivity contribution in [3.8, 4) is 0 Å². The van der Waals surface area contributed by atoms with E-state index in [1.807, 2.05) is 13.8 Å². The molecule has 0 aliphatic heterocycles. The van der Waals surface area contributed by atoms with Crippen LogP contribution < -0.4 is 5.73 Å². The van der Waals surface area contributed by atoms with E-state index < -0.39 is 0 Å². The van der Waals surface area contributed by atoms with Gasteiger partial charge in [-0.1, -0.05) is 19.0 Å². The third-order valence-electron chi connectivity index (χ3n) is 2.14. The Bertz CT molecular complexity index is 257. The summed E-state index contributed by atoms with van der Waals surface area (Å²) >= 11 is 0. The van der Waals surface area contributed by atoms with E-state index in [9.17, 15) is 0 Å². The van der Waals surface area contributed by atoms with Crippen molar-refractivity contribution in [3.05, 3.63) is 11.7 Å². The Morgan fingerprint density at radius 1 is 1.46 bits per heavy atom. The third-order valence-corrected chi connectivity index (χ3v) is 2.14. The van der Waals surface area contributed by atoms with E-state index in [1.54, 1.807) is 0 Å². The van der Waals surface area contributed by atoms with Gasteiger partial charge in [0.1, 0.15) is 0 Å². The van der Waals surface area contributed by atoms with E-state index in [-0.39, 0.29) is 12.0 Å². The first kappa shape index (κ1) is 10.2. The maximum atomic E-state index is 5.72. The Hall–Kier alpha value is -0.900. The summed E-state index contributed by atoms with van der Waals surface area (Å²) in [5, 5.41) is 3.87. The van der Waals surface area contributed by atoms with Gasteiger partial charge in [0, 0.05) is 12.5 Å². The molecule has 4 heteroatoms. The molecule has 0 aromatic carbocycles. The molecule has 0 fully saturated rings. The van der Waals surface area contributed by atoms with Gasteiger partial charge < -0.3 is 10.3 Å². The molecule has 0 amide bonds. The third kappa shape index (κ3) is 2.52. The first-order valence-electron chi connectivity index (χ1n) is 4.73. The lowest BCUT2D eigenvalue weighted by molar-refractivity contribution is 0.343. The standard InChI is InChI=1S/C9H17N3O/c1-4-5-8-11-9(13-12-8)6(2)7(3)10/h6-7H,4-5,10H2,1-3H3. The van der Waals surface area contributed by atoms with Crippen LogP contribution >= 0.6 is 0 Å². The van der Waals surface area contributed by atoms with Crippen LogP contribution in [0.15, 0.2) is 4.52 Å². The summed E-state index contributed by atoms with van der Waals surface area (Å²) in [6.45, 7) is 6.02. The van der Waals surface area contributed by atoms with Gasteiger partial charge in [0.05, 0.1) is 5.92 Å². The SMILES string of the molecule is CCCc1noc(C(C)C(C)N)n1. The second-order valence-corrected chi connectivity index (χ2v) is 3.45. The van der Waals surface area contributed by atoms with Crippen molar-refractivity contribution in [2.24, 2.45) is 5.73 Å². The molecule has 2 N–H and O–H groups in total. The number of nitrogens with zero attached hydrogens (tertiary/aromatic N) is 2. The Balaban J connectivity index is 2.67. The lowest BCUT2D eigenvalue weighted by atomic mass is 10.1. The highest BCUT2D eigenvalue weighted by Gasteiger charge is 2.17. The molecule has 1 aromatic heterocycles. The molecule has 2 unspecified atom stereocenters. The van der Waals surface area contributed by atoms with Gasteiger partial charge in [-0.3, -0.25) is 0 Å². The molecular weight excluding hydrogens is 166 g/mol. The van der Waals surface area contributed by atoms with Gasteiger partial charge in [0.15, 0.2) is 5.82 Å². The minimum Gasteiger partial charge on any atom is -0.339 e. The Kier molecular flexibility index (Phi) is 3.42. The van der Waals surface area contributed by atoms with E-state index >= 15 is 0 Å². The quantitative estimate of drug-likeness (QED) is 0.767. The molecule has 0 saturated carbocycles.